The first-order valence-electron chi connectivity index (χ1n) is 3.87. The van der Waals surface area contributed by atoms with Crippen LogP contribution >= 0.6 is 34.4 Å². The molecule has 0 atom stereocenters. The maximum Gasteiger partial charge on any atom is 0.0791 e. The molecule has 4 nitrogen and oxygen atoms in total. The molecule has 0 amide bonds. The van der Waals surface area contributed by atoms with Gasteiger partial charge in [0.25, 0.3) is 0 Å². The zero-order chi connectivity index (χ0) is 10.6. The van der Waals surface area contributed by atoms with Crippen molar-refractivity contribution < 1.29 is 0 Å². The number of rotatable bonds is 0. The second-order valence-electron chi connectivity index (χ2n) is 1.95. The van der Waals surface area contributed by atoms with E-state index in [9.17, 15) is 0 Å². The minimum absolute atomic E-state index is 1.35. The lowest BCUT2D eigenvalue weighted by molar-refractivity contribution is 1.16. The lowest BCUT2D eigenvalue weighted by atomic mass is 10.8. The summed E-state index contributed by atoms with van der Waals surface area (Å²) in [5.41, 5.74) is 1.79. The van der Waals surface area contributed by atoms with Crippen molar-refractivity contribution in [1.82, 2.24) is 18.9 Å². The summed E-state index contributed by atoms with van der Waals surface area (Å²) in [5.74, 6) is 0. The average molecular weight is 256 g/mol. The number of thiazole rings is 1. The molecular formula is C8H8N4S3. The minimum atomic E-state index is 1.35. The monoisotopic (exact) mass is 256 g/mol. The van der Waals surface area contributed by atoms with E-state index in [1.807, 2.05) is 22.2 Å². The van der Waals surface area contributed by atoms with E-state index in [1.165, 1.54) is 23.1 Å². The van der Waals surface area contributed by atoms with Crippen molar-refractivity contribution in [2.45, 2.75) is 0 Å². The lowest BCUT2D eigenvalue weighted by Crippen LogP contribution is -1.51. The van der Waals surface area contributed by atoms with Crippen molar-refractivity contribution in [2.75, 3.05) is 0 Å². The molecule has 78 valence electrons. The van der Waals surface area contributed by atoms with Crippen LogP contribution in [-0.4, -0.2) is 18.9 Å². The fourth-order valence-corrected chi connectivity index (χ4v) is 1.46. The smallest absolute Gasteiger partial charge is 0.0791 e. The number of aromatic nitrogens is 4. The molecule has 15 heavy (non-hydrogen) atoms. The van der Waals surface area contributed by atoms with Crippen LogP contribution in [0.2, 0.25) is 0 Å². The first-order valence-corrected chi connectivity index (χ1v) is 6.49. The summed E-state index contributed by atoms with van der Waals surface area (Å²) < 4.78 is 7.28. The van der Waals surface area contributed by atoms with E-state index in [1.54, 1.807) is 35.4 Å². The molecule has 3 rings (SSSR count). The van der Waals surface area contributed by atoms with Crippen LogP contribution in [0.25, 0.3) is 0 Å². The molecule has 0 unspecified atom stereocenters. The van der Waals surface area contributed by atoms with Crippen LogP contribution in [0.4, 0.5) is 0 Å². The Hall–Kier alpha value is -1.18. The van der Waals surface area contributed by atoms with Crippen LogP contribution in [-0.2, 0) is 0 Å². The summed E-state index contributed by atoms with van der Waals surface area (Å²) in [6.07, 6.45) is 5.19. The maximum absolute atomic E-state index is 3.76. The van der Waals surface area contributed by atoms with Crippen molar-refractivity contribution in [2.24, 2.45) is 0 Å². The number of nitrogens with zero attached hydrogens (tertiary/aromatic N) is 4. The van der Waals surface area contributed by atoms with Gasteiger partial charge in [0.2, 0.25) is 0 Å². The molecule has 0 spiro atoms. The standard InChI is InChI=1S/2C3H3NS.C2H2N2S/c1-2-5-3-4-1;1-2-4-5-3-1;1-2-5-4-3-1/h2*1-3H;1-2H. The highest BCUT2D eigenvalue weighted by molar-refractivity contribution is 7.07. The largest absolute Gasteiger partial charge is 0.253 e. The molecule has 0 saturated carbocycles. The van der Waals surface area contributed by atoms with Crippen LogP contribution in [0.5, 0.6) is 0 Å². The summed E-state index contributed by atoms with van der Waals surface area (Å²) >= 11 is 4.42. The number of hydrogen-bond acceptors (Lipinski definition) is 7. The normalized spacial score (nSPS) is 8.00. The fraction of sp³-hybridized carbons (Fsp3) is 0. The third-order valence-corrected chi connectivity index (χ3v) is 2.45. The first kappa shape index (κ1) is 11.9. The van der Waals surface area contributed by atoms with Gasteiger partial charge in [-0.05, 0) is 29.1 Å². The van der Waals surface area contributed by atoms with Gasteiger partial charge in [-0.25, -0.2) is 4.37 Å². The van der Waals surface area contributed by atoms with Gasteiger partial charge in [0, 0.05) is 28.5 Å². The molecule has 0 N–H and O–H groups in total. The molecule has 0 aliphatic carbocycles. The topological polar surface area (TPSA) is 51.6 Å². The Morgan fingerprint density at radius 2 is 1.87 bits per heavy atom. The first-order chi connectivity index (χ1) is 7.50. The van der Waals surface area contributed by atoms with Crippen LogP contribution in [0.15, 0.2) is 46.3 Å². The summed E-state index contributed by atoms with van der Waals surface area (Å²) in [7, 11) is 0. The van der Waals surface area contributed by atoms with Gasteiger partial charge in [0.1, 0.15) is 0 Å². The SMILES string of the molecule is c1cnsc1.c1cscn1.c1csnn1. The van der Waals surface area contributed by atoms with E-state index >= 15 is 0 Å². The van der Waals surface area contributed by atoms with E-state index in [-0.39, 0.29) is 0 Å². The Balaban J connectivity index is 0.000000112. The molecule has 0 radical (unpaired) electrons. The van der Waals surface area contributed by atoms with Gasteiger partial charge < -0.3 is 0 Å². The minimum Gasteiger partial charge on any atom is -0.253 e. The Morgan fingerprint density at radius 3 is 2.07 bits per heavy atom. The van der Waals surface area contributed by atoms with E-state index in [4.69, 9.17) is 0 Å². The summed E-state index contributed by atoms with van der Waals surface area (Å²) in [4.78, 5) is 3.74. The lowest BCUT2D eigenvalue weighted by Gasteiger charge is -1.41. The average Bonchev–Trinajstić information content (AvgIpc) is 3.09. The molecule has 3 aromatic rings. The molecule has 0 aliphatic rings. The maximum atomic E-state index is 3.76. The van der Waals surface area contributed by atoms with Crippen molar-refractivity contribution in [3.05, 3.63) is 46.3 Å². The molecule has 0 saturated heterocycles. The fourth-order valence-electron chi connectivity index (χ4n) is 0.487. The molecule has 3 aromatic heterocycles. The van der Waals surface area contributed by atoms with Crippen LogP contribution < -0.4 is 0 Å². The number of hydrogen-bond donors (Lipinski definition) is 0. The molecule has 0 fully saturated rings. The molecule has 0 bridgehead atoms. The van der Waals surface area contributed by atoms with Gasteiger partial charge >= 0.3 is 0 Å². The van der Waals surface area contributed by atoms with Gasteiger partial charge in [0.05, 0.1) is 11.7 Å². The zero-order valence-electron chi connectivity index (χ0n) is 7.63. The highest BCUT2D eigenvalue weighted by Gasteiger charge is 1.61. The van der Waals surface area contributed by atoms with Gasteiger partial charge in [-0.15, -0.1) is 16.4 Å². The van der Waals surface area contributed by atoms with Crippen molar-refractivity contribution in [3.8, 4) is 0 Å². The Labute approximate surface area is 99.6 Å². The predicted molar refractivity (Wildman–Crippen MR) is 64.1 cm³/mol. The van der Waals surface area contributed by atoms with Crippen LogP contribution in [0.1, 0.15) is 0 Å². The third kappa shape index (κ3) is 7.86. The van der Waals surface area contributed by atoms with E-state index < -0.39 is 0 Å². The van der Waals surface area contributed by atoms with E-state index in [0.29, 0.717) is 0 Å². The van der Waals surface area contributed by atoms with Gasteiger partial charge in [0.15, 0.2) is 0 Å². The van der Waals surface area contributed by atoms with Crippen LogP contribution in [0, 0.1) is 0 Å². The van der Waals surface area contributed by atoms with Crippen LogP contribution in [0.3, 0.4) is 0 Å². The molecule has 7 heteroatoms. The van der Waals surface area contributed by atoms with Gasteiger partial charge in [-0.1, -0.05) is 4.49 Å². The van der Waals surface area contributed by atoms with Gasteiger partial charge in [-0.2, -0.15) is 0 Å². The Morgan fingerprint density at radius 1 is 0.867 bits per heavy atom. The molecule has 3 heterocycles. The zero-order valence-corrected chi connectivity index (χ0v) is 10.1. The Kier molecular flexibility index (Phi) is 7.44. The Bertz CT molecular complexity index is 254. The highest BCUT2D eigenvalue weighted by Crippen LogP contribution is 1.86. The van der Waals surface area contributed by atoms with Crippen molar-refractivity contribution >= 4 is 34.4 Å². The quantitative estimate of drug-likeness (QED) is 0.620. The molecule has 0 aromatic carbocycles. The molecular weight excluding hydrogens is 248 g/mol. The predicted octanol–water partition coefficient (Wildman–Crippen LogP) is 2.82. The molecule has 0 aliphatic heterocycles. The third-order valence-electron chi connectivity index (χ3n) is 0.977. The van der Waals surface area contributed by atoms with Crippen molar-refractivity contribution in [3.63, 3.8) is 0 Å². The van der Waals surface area contributed by atoms with Crippen molar-refractivity contribution in [1.29, 1.82) is 0 Å². The summed E-state index contributed by atoms with van der Waals surface area (Å²) in [6, 6.07) is 1.91. The second kappa shape index (κ2) is 9.38. The van der Waals surface area contributed by atoms with Gasteiger partial charge in [-0.3, -0.25) is 4.98 Å². The van der Waals surface area contributed by atoms with E-state index in [2.05, 4.69) is 18.9 Å². The van der Waals surface area contributed by atoms with E-state index in [0.717, 1.165) is 0 Å². The summed E-state index contributed by atoms with van der Waals surface area (Å²) in [6.45, 7) is 0. The highest BCUT2D eigenvalue weighted by atomic mass is 32.1. The summed E-state index contributed by atoms with van der Waals surface area (Å²) in [5, 5.41) is 9.17. The second-order valence-corrected chi connectivity index (χ2v) is 4.05.